The highest BCUT2D eigenvalue weighted by molar-refractivity contribution is 6.20. The quantitative estimate of drug-likeness (QED) is 0.244. The average molecular weight is 582 g/mol. The number of amides is 1. The van der Waals surface area contributed by atoms with Crippen molar-refractivity contribution in [2.75, 3.05) is 46.4 Å². The number of piperazine rings is 1. The summed E-state index contributed by atoms with van der Waals surface area (Å²) in [6.07, 6.45) is 4.93. The number of hydrogen-bond donors (Lipinski definition) is 1. The van der Waals surface area contributed by atoms with Crippen LogP contribution in [0.2, 0.25) is 0 Å². The molecule has 1 N–H and O–H groups in total. The van der Waals surface area contributed by atoms with Crippen LogP contribution in [0.3, 0.4) is 0 Å². The van der Waals surface area contributed by atoms with Crippen molar-refractivity contribution in [1.29, 1.82) is 0 Å². The fourth-order valence-corrected chi connectivity index (χ4v) is 7.23. The van der Waals surface area contributed by atoms with Crippen LogP contribution in [-0.2, 0) is 37.8 Å². The molecular formula is C34H43N7O2. The molecule has 0 unspecified atom stereocenters. The van der Waals surface area contributed by atoms with Gasteiger partial charge >= 0.3 is 0 Å². The summed E-state index contributed by atoms with van der Waals surface area (Å²) in [5.74, 6) is 0.443. The van der Waals surface area contributed by atoms with E-state index >= 15 is 0 Å². The van der Waals surface area contributed by atoms with Crippen LogP contribution >= 0.6 is 0 Å². The molecule has 0 bridgehead atoms. The zero-order chi connectivity index (χ0) is 29.8. The van der Waals surface area contributed by atoms with E-state index in [0.717, 1.165) is 97.8 Å². The molecule has 226 valence electrons. The van der Waals surface area contributed by atoms with Crippen molar-refractivity contribution >= 4 is 33.4 Å². The Bertz CT molecular complexity index is 1750. The minimum Gasteiger partial charge on any atom is -0.395 e. The third-order valence-electron chi connectivity index (χ3n) is 9.42. The predicted molar refractivity (Wildman–Crippen MR) is 172 cm³/mol. The normalized spacial score (nSPS) is 17.5. The average Bonchev–Trinajstić information content (AvgIpc) is 3.66. The lowest BCUT2D eigenvalue weighted by Crippen LogP contribution is -2.44. The first-order valence-corrected chi connectivity index (χ1v) is 15.8. The van der Waals surface area contributed by atoms with Gasteiger partial charge in [0, 0.05) is 79.9 Å². The number of likely N-dealkylation sites (N-methyl/N-ethyl adjacent to an activating group) is 1. The molecule has 3 aliphatic rings. The molecule has 4 heterocycles. The second-order valence-corrected chi connectivity index (χ2v) is 13.0. The fourth-order valence-electron chi connectivity index (χ4n) is 7.23. The van der Waals surface area contributed by atoms with Crippen molar-refractivity contribution in [3.05, 3.63) is 52.3 Å². The number of fused-ring (bicyclic) bond motifs is 10. The molecule has 2 aromatic carbocycles. The lowest BCUT2D eigenvalue weighted by molar-refractivity contribution is 0.0966. The first-order valence-electron chi connectivity index (χ1n) is 15.8. The van der Waals surface area contributed by atoms with Crippen LogP contribution in [0.1, 0.15) is 59.9 Å². The maximum atomic E-state index is 13.5. The van der Waals surface area contributed by atoms with Crippen LogP contribution in [-0.4, -0.2) is 82.1 Å². The summed E-state index contributed by atoms with van der Waals surface area (Å²) >= 11 is 0. The molecule has 1 amide bonds. The Balaban J connectivity index is 1.40. The van der Waals surface area contributed by atoms with Crippen molar-refractivity contribution in [3.8, 4) is 11.1 Å². The van der Waals surface area contributed by atoms with Crippen molar-refractivity contribution in [2.45, 2.75) is 53.1 Å². The van der Waals surface area contributed by atoms with E-state index in [4.69, 9.17) is 9.94 Å². The van der Waals surface area contributed by atoms with E-state index < -0.39 is 0 Å². The van der Waals surface area contributed by atoms with Crippen molar-refractivity contribution in [3.63, 3.8) is 0 Å². The van der Waals surface area contributed by atoms with E-state index in [1.807, 2.05) is 18.7 Å². The Labute approximate surface area is 253 Å². The molecule has 9 heteroatoms. The van der Waals surface area contributed by atoms with Crippen LogP contribution in [0.5, 0.6) is 0 Å². The maximum Gasteiger partial charge on any atom is 0.252 e. The predicted octanol–water partition coefficient (Wildman–Crippen LogP) is 4.57. The fraction of sp³-hybridized carbons (Fsp3) is 0.500. The lowest BCUT2D eigenvalue weighted by Gasteiger charge is -2.32. The Morgan fingerprint density at radius 3 is 2.67 bits per heavy atom. The standard InChI is InChI=1S/C34H43N7O2/c1-21(2)20-43-37-22(3)23-7-10-29-25(17-23)31-26-18-35-34(42)32(26)30-24(8-9-28-27(30)19-39(5)36-28)33(31)41(29)12-6-11-40-15-13-38(4)14-16-40/h7,10,17,19,21H,6,8-9,11-16,18,20H2,1-5H3,(H,35,42)/b37-22+. The van der Waals surface area contributed by atoms with Gasteiger partial charge in [0.15, 0.2) is 0 Å². The number of rotatable bonds is 8. The van der Waals surface area contributed by atoms with E-state index in [1.165, 1.54) is 27.4 Å². The van der Waals surface area contributed by atoms with Gasteiger partial charge in [-0.3, -0.25) is 9.48 Å². The van der Waals surface area contributed by atoms with Crippen molar-refractivity contribution in [2.24, 2.45) is 18.1 Å². The van der Waals surface area contributed by atoms with Crippen LogP contribution in [0, 0.1) is 5.92 Å². The Kier molecular flexibility index (Phi) is 7.26. The van der Waals surface area contributed by atoms with Crippen LogP contribution < -0.4 is 5.32 Å². The summed E-state index contributed by atoms with van der Waals surface area (Å²) in [5.41, 5.74) is 10.9. The highest BCUT2D eigenvalue weighted by Gasteiger charge is 2.35. The molecule has 43 heavy (non-hydrogen) atoms. The minimum absolute atomic E-state index is 0.0248. The number of aromatic nitrogens is 3. The van der Waals surface area contributed by atoms with Crippen LogP contribution in [0.15, 0.2) is 29.6 Å². The van der Waals surface area contributed by atoms with Gasteiger partial charge in [0.1, 0.15) is 6.61 Å². The molecule has 0 saturated carbocycles. The Hall–Kier alpha value is -3.69. The molecule has 1 aliphatic carbocycles. The molecule has 9 nitrogen and oxygen atoms in total. The number of benzene rings is 2. The number of nitrogens with zero attached hydrogens (tertiary/aromatic N) is 6. The first-order chi connectivity index (χ1) is 20.8. The summed E-state index contributed by atoms with van der Waals surface area (Å²) in [5, 5.41) is 14.8. The number of carbonyl (C=O) groups is 1. The minimum atomic E-state index is 0.0248. The smallest absolute Gasteiger partial charge is 0.252 e. The maximum absolute atomic E-state index is 13.5. The van der Waals surface area contributed by atoms with Crippen molar-refractivity contribution in [1.82, 2.24) is 29.5 Å². The largest absolute Gasteiger partial charge is 0.395 e. The molecule has 1 saturated heterocycles. The number of aryl methyl sites for hydroxylation is 4. The van der Waals surface area contributed by atoms with E-state index in [-0.39, 0.29) is 5.91 Å². The number of hydrogen-bond acceptors (Lipinski definition) is 6. The van der Waals surface area contributed by atoms with Gasteiger partial charge in [-0.15, -0.1) is 0 Å². The third kappa shape index (κ3) is 4.92. The summed E-state index contributed by atoms with van der Waals surface area (Å²) in [4.78, 5) is 24.1. The number of oxime groups is 1. The van der Waals surface area contributed by atoms with Gasteiger partial charge in [-0.25, -0.2) is 0 Å². The summed E-state index contributed by atoms with van der Waals surface area (Å²) in [6, 6.07) is 6.69. The van der Waals surface area contributed by atoms with Gasteiger partial charge in [0.25, 0.3) is 5.91 Å². The molecule has 0 radical (unpaired) electrons. The molecule has 0 atom stereocenters. The molecule has 2 aliphatic heterocycles. The molecule has 7 rings (SSSR count). The Morgan fingerprint density at radius 2 is 1.88 bits per heavy atom. The second-order valence-electron chi connectivity index (χ2n) is 13.0. The van der Waals surface area contributed by atoms with Gasteiger partial charge in [0.2, 0.25) is 0 Å². The van der Waals surface area contributed by atoms with E-state index in [1.54, 1.807) is 0 Å². The van der Waals surface area contributed by atoms with Gasteiger partial charge in [-0.2, -0.15) is 5.10 Å². The molecule has 2 aromatic heterocycles. The third-order valence-corrected chi connectivity index (χ3v) is 9.42. The van der Waals surface area contributed by atoms with E-state index in [0.29, 0.717) is 19.1 Å². The van der Waals surface area contributed by atoms with Gasteiger partial charge in [-0.05, 0) is 74.5 Å². The van der Waals surface area contributed by atoms with Gasteiger partial charge < -0.3 is 24.5 Å². The van der Waals surface area contributed by atoms with Gasteiger partial charge in [0.05, 0.1) is 22.5 Å². The van der Waals surface area contributed by atoms with E-state index in [2.05, 4.69) is 70.1 Å². The zero-order valence-electron chi connectivity index (χ0n) is 26.2. The number of carbonyl (C=O) groups excluding carboxylic acids is 1. The summed E-state index contributed by atoms with van der Waals surface area (Å²) in [6.45, 7) is 13.9. The Morgan fingerprint density at radius 1 is 1.07 bits per heavy atom. The monoisotopic (exact) mass is 581 g/mol. The van der Waals surface area contributed by atoms with E-state index in [9.17, 15) is 4.79 Å². The molecule has 0 spiro atoms. The molecule has 1 fully saturated rings. The highest BCUT2D eigenvalue weighted by Crippen LogP contribution is 2.47. The lowest BCUT2D eigenvalue weighted by atomic mass is 9.82. The zero-order valence-corrected chi connectivity index (χ0v) is 26.2. The molecule has 4 aromatic rings. The SMILES string of the molecule is C/C(=N\OCC(C)C)c1ccc2c(c1)c1c3c(c4c(c1n2CCCN1CCN(C)CC1)CCc1nn(C)cc1-4)C(=O)NC3. The summed E-state index contributed by atoms with van der Waals surface area (Å²) < 4.78 is 4.44. The topological polar surface area (TPSA) is 79.9 Å². The van der Waals surface area contributed by atoms with Crippen LogP contribution in [0.4, 0.5) is 0 Å². The second kappa shape index (κ2) is 11.1. The number of nitrogens with one attached hydrogen (secondary N) is 1. The molecular weight excluding hydrogens is 538 g/mol. The van der Waals surface area contributed by atoms with Gasteiger partial charge in [-0.1, -0.05) is 25.1 Å². The highest BCUT2D eigenvalue weighted by atomic mass is 16.6. The first kappa shape index (κ1) is 28.1. The summed E-state index contributed by atoms with van der Waals surface area (Å²) in [7, 11) is 4.18. The van der Waals surface area contributed by atoms with Crippen molar-refractivity contribution < 1.29 is 9.63 Å². The van der Waals surface area contributed by atoms with Crippen LogP contribution in [0.25, 0.3) is 32.9 Å².